The number of alkyl carbamates (subject to hydrolysis) is 1. The summed E-state index contributed by atoms with van der Waals surface area (Å²) in [5.41, 5.74) is -0.0997. The van der Waals surface area contributed by atoms with Crippen LogP contribution in [0.5, 0.6) is 0 Å². The third kappa shape index (κ3) is 8.09. The van der Waals surface area contributed by atoms with E-state index < -0.39 is 5.60 Å². The number of nitrogens with one attached hydrogen (secondary N) is 2. The number of hydrogen-bond donors (Lipinski definition) is 2. The molecule has 0 aliphatic carbocycles. The van der Waals surface area contributed by atoms with Gasteiger partial charge in [0.05, 0.1) is 0 Å². The second-order valence-corrected chi connectivity index (χ2v) is 7.85. The lowest BCUT2D eigenvalue weighted by Crippen LogP contribution is -2.41. The van der Waals surface area contributed by atoms with Gasteiger partial charge in [0.2, 0.25) is 0 Å². The molecule has 0 spiro atoms. The fourth-order valence-corrected chi connectivity index (χ4v) is 2.49. The van der Waals surface area contributed by atoms with Crippen LogP contribution in [0, 0.1) is 5.41 Å². The van der Waals surface area contributed by atoms with Gasteiger partial charge >= 0.3 is 6.09 Å². The summed E-state index contributed by atoms with van der Waals surface area (Å²) in [6.07, 6.45) is 1.62. The van der Waals surface area contributed by atoms with Crippen LogP contribution < -0.4 is 10.6 Å². The molecule has 0 bridgehead atoms. The molecular formula is C17H34N4O2. The lowest BCUT2D eigenvalue weighted by Gasteiger charge is -2.23. The van der Waals surface area contributed by atoms with E-state index in [9.17, 15) is 4.79 Å². The Labute approximate surface area is 141 Å². The zero-order valence-corrected chi connectivity index (χ0v) is 15.7. The summed E-state index contributed by atoms with van der Waals surface area (Å²) < 4.78 is 5.20. The van der Waals surface area contributed by atoms with E-state index in [-0.39, 0.29) is 6.09 Å². The predicted octanol–water partition coefficient (Wildman–Crippen LogP) is 2.60. The summed E-state index contributed by atoms with van der Waals surface area (Å²) in [7, 11) is 0. The molecule has 1 amide bonds. The molecule has 0 saturated carbocycles. The van der Waals surface area contributed by atoms with Gasteiger partial charge in [0.25, 0.3) is 0 Å². The maximum absolute atomic E-state index is 11.5. The van der Waals surface area contributed by atoms with Crippen molar-refractivity contribution in [1.29, 1.82) is 0 Å². The van der Waals surface area contributed by atoms with Crippen LogP contribution in [-0.2, 0) is 4.74 Å². The van der Waals surface area contributed by atoms with Crippen molar-refractivity contribution in [2.45, 2.75) is 60.0 Å². The Kier molecular flexibility index (Phi) is 7.16. The molecule has 1 fully saturated rings. The number of rotatable bonds is 5. The van der Waals surface area contributed by atoms with Gasteiger partial charge in [0.1, 0.15) is 5.60 Å². The van der Waals surface area contributed by atoms with E-state index in [1.54, 1.807) is 0 Å². The first-order valence-electron chi connectivity index (χ1n) is 8.63. The summed E-state index contributed by atoms with van der Waals surface area (Å²) >= 11 is 0. The largest absolute Gasteiger partial charge is 0.444 e. The zero-order valence-electron chi connectivity index (χ0n) is 15.7. The Bertz CT molecular complexity index is 413. The molecule has 1 aliphatic heterocycles. The molecule has 6 nitrogen and oxygen atoms in total. The average molecular weight is 326 g/mol. The molecule has 134 valence electrons. The highest BCUT2D eigenvalue weighted by molar-refractivity contribution is 5.80. The van der Waals surface area contributed by atoms with Crippen molar-refractivity contribution in [3.05, 3.63) is 0 Å². The summed E-state index contributed by atoms with van der Waals surface area (Å²) in [5.74, 6) is 0.982. The zero-order chi connectivity index (χ0) is 17.5. The first-order chi connectivity index (χ1) is 10.6. The van der Waals surface area contributed by atoms with Gasteiger partial charge in [-0.15, -0.1) is 0 Å². The van der Waals surface area contributed by atoms with Gasteiger partial charge in [-0.3, -0.25) is 4.99 Å². The number of ether oxygens (including phenoxy) is 1. The van der Waals surface area contributed by atoms with Crippen LogP contribution >= 0.6 is 0 Å². The van der Waals surface area contributed by atoms with Crippen LogP contribution in [0.1, 0.15) is 54.4 Å². The summed E-state index contributed by atoms with van der Waals surface area (Å²) in [4.78, 5) is 18.5. The standard InChI is InChI=1S/C17H34N4O2/c1-7-18-14(21-12-9-17(5,6)13-21)19-10-8-11-20-15(22)23-16(2,3)4/h7-13H2,1-6H3,(H,18,19)(H,20,22). The van der Waals surface area contributed by atoms with Gasteiger partial charge in [-0.2, -0.15) is 0 Å². The average Bonchev–Trinajstić information content (AvgIpc) is 2.75. The third-order valence-electron chi connectivity index (χ3n) is 3.58. The number of nitrogens with zero attached hydrogens (tertiary/aromatic N) is 2. The van der Waals surface area contributed by atoms with Gasteiger partial charge in [-0.25, -0.2) is 4.79 Å². The van der Waals surface area contributed by atoms with Gasteiger partial charge in [-0.05, 0) is 46.0 Å². The summed E-state index contributed by atoms with van der Waals surface area (Å²) in [6, 6.07) is 0. The monoisotopic (exact) mass is 326 g/mol. The van der Waals surface area contributed by atoms with E-state index in [0.717, 1.165) is 32.0 Å². The molecule has 6 heteroatoms. The van der Waals surface area contributed by atoms with Crippen LogP contribution in [0.25, 0.3) is 0 Å². The van der Waals surface area contributed by atoms with Crippen LogP contribution in [0.3, 0.4) is 0 Å². The Balaban J connectivity index is 2.34. The molecule has 0 radical (unpaired) electrons. The van der Waals surface area contributed by atoms with Crippen molar-refractivity contribution < 1.29 is 9.53 Å². The number of guanidine groups is 1. The maximum atomic E-state index is 11.5. The van der Waals surface area contributed by atoms with Crippen molar-refractivity contribution in [2.24, 2.45) is 10.4 Å². The molecule has 1 saturated heterocycles. The molecule has 0 aromatic rings. The van der Waals surface area contributed by atoms with Crippen molar-refractivity contribution in [2.75, 3.05) is 32.7 Å². The summed E-state index contributed by atoms with van der Waals surface area (Å²) in [5, 5.41) is 6.12. The lowest BCUT2D eigenvalue weighted by atomic mass is 9.93. The highest BCUT2D eigenvalue weighted by atomic mass is 16.6. The van der Waals surface area contributed by atoms with E-state index in [2.05, 4.69) is 41.3 Å². The van der Waals surface area contributed by atoms with Crippen molar-refractivity contribution in [1.82, 2.24) is 15.5 Å². The Morgan fingerprint density at radius 3 is 2.52 bits per heavy atom. The van der Waals surface area contributed by atoms with Gasteiger partial charge in [0, 0.05) is 32.7 Å². The van der Waals surface area contributed by atoms with Gasteiger partial charge in [0.15, 0.2) is 5.96 Å². The van der Waals surface area contributed by atoms with Crippen LogP contribution in [0.2, 0.25) is 0 Å². The molecule has 1 rings (SSSR count). The fourth-order valence-electron chi connectivity index (χ4n) is 2.49. The maximum Gasteiger partial charge on any atom is 0.407 e. The first-order valence-corrected chi connectivity index (χ1v) is 8.63. The molecule has 0 aromatic heterocycles. The normalized spacial score (nSPS) is 18.0. The second kappa shape index (κ2) is 8.41. The second-order valence-electron chi connectivity index (χ2n) is 7.85. The van der Waals surface area contributed by atoms with E-state index in [1.165, 1.54) is 6.42 Å². The number of carbonyl (C=O) groups is 1. The molecule has 0 atom stereocenters. The van der Waals surface area contributed by atoms with Crippen molar-refractivity contribution in [3.8, 4) is 0 Å². The molecule has 23 heavy (non-hydrogen) atoms. The number of carbonyl (C=O) groups excluding carboxylic acids is 1. The molecule has 0 aromatic carbocycles. The van der Waals surface area contributed by atoms with E-state index in [1.807, 2.05) is 20.8 Å². The Morgan fingerprint density at radius 1 is 1.30 bits per heavy atom. The lowest BCUT2D eigenvalue weighted by molar-refractivity contribution is 0.0527. The van der Waals surface area contributed by atoms with E-state index in [0.29, 0.717) is 18.5 Å². The minimum Gasteiger partial charge on any atom is -0.444 e. The summed E-state index contributed by atoms with van der Waals surface area (Å²) in [6.45, 7) is 16.5. The minimum atomic E-state index is -0.455. The Morgan fingerprint density at radius 2 is 2.00 bits per heavy atom. The number of hydrogen-bond acceptors (Lipinski definition) is 3. The predicted molar refractivity (Wildman–Crippen MR) is 94.8 cm³/mol. The number of amides is 1. The minimum absolute atomic E-state index is 0.356. The third-order valence-corrected chi connectivity index (χ3v) is 3.58. The highest BCUT2D eigenvalue weighted by Gasteiger charge is 2.30. The van der Waals surface area contributed by atoms with Crippen LogP contribution in [0.15, 0.2) is 4.99 Å². The smallest absolute Gasteiger partial charge is 0.407 e. The molecule has 1 heterocycles. The van der Waals surface area contributed by atoms with Crippen LogP contribution in [-0.4, -0.2) is 55.3 Å². The van der Waals surface area contributed by atoms with Gasteiger partial charge < -0.3 is 20.3 Å². The Hall–Kier alpha value is -1.46. The quantitative estimate of drug-likeness (QED) is 0.463. The van der Waals surface area contributed by atoms with Crippen molar-refractivity contribution in [3.63, 3.8) is 0 Å². The van der Waals surface area contributed by atoms with Crippen LogP contribution in [0.4, 0.5) is 4.79 Å². The molecular weight excluding hydrogens is 292 g/mol. The van der Waals surface area contributed by atoms with Crippen molar-refractivity contribution >= 4 is 12.1 Å². The molecule has 2 N–H and O–H groups in total. The van der Waals surface area contributed by atoms with Gasteiger partial charge in [-0.1, -0.05) is 13.8 Å². The molecule has 0 unspecified atom stereocenters. The van der Waals surface area contributed by atoms with E-state index >= 15 is 0 Å². The fraction of sp³-hybridized carbons (Fsp3) is 0.882. The highest BCUT2D eigenvalue weighted by Crippen LogP contribution is 2.28. The van der Waals surface area contributed by atoms with E-state index in [4.69, 9.17) is 4.74 Å². The number of likely N-dealkylation sites (tertiary alicyclic amines) is 1. The molecule has 1 aliphatic rings. The first kappa shape index (κ1) is 19.6. The topological polar surface area (TPSA) is 66.0 Å². The number of aliphatic imine (C=N–C) groups is 1. The SMILES string of the molecule is CCNC(=NCCCNC(=O)OC(C)(C)C)N1CCC(C)(C)C1.